The van der Waals surface area contributed by atoms with Crippen LogP contribution in [-0.4, -0.2) is 18.4 Å². The van der Waals surface area contributed by atoms with E-state index < -0.39 is 0 Å². The first-order chi connectivity index (χ1) is 14.4. The Morgan fingerprint density at radius 2 is 1.77 bits per heavy atom. The highest BCUT2D eigenvalue weighted by molar-refractivity contribution is 5.46. The van der Waals surface area contributed by atoms with Gasteiger partial charge in [0, 0.05) is 18.8 Å². The number of phenolic OH excluding ortho intramolecular Hbond substituents is 1. The van der Waals surface area contributed by atoms with Gasteiger partial charge in [0.05, 0.1) is 0 Å². The van der Waals surface area contributed by atoms with Crippen LogP contribution in [0.2, 0.25) is 0 Å². The molecule has 2 aromatic carbocycles. The van der Waals surface area contributed by atoms with E-state index in [1.807, 2.05) is 13.1 Å². The number of hydrogen-bond acceptors (Lipinski definition) is 3. The Bertz CT molecular complexity index is 755. The minimum Gasteiger partial charge on any atom is -0.508 e. The molecule has 0 fully saturated rings. The number of nitrogens with one attached hydrogen (secondary N) is 1. The van der Waals surface area contributed by atoms with Crippen LogP contribution >= 0.6 is 0 Å². The average molecular weight is 412 g/mol. The summed E-state index contributed by atoms with van der Waals surface area (Å²) in [4.78, 5) is 8.81. The van der Waals surface area contributed by atoms with Crippen LogP contribution in [0.5, 0.6) is 5.75 Å². The first kappa shape index (κ1) is 25.7. The molecule has 0 heterocycles. The summed E-state index contributed by atoms with van der Waals surface area (Å²) in [5, 5.41) is 11.8. The van der Waals surface area contributed by atoms with Gasteiger partial charge in [-0.15, -0.1) is 0 Å². The fourth-order valence-corrected chi connectivity index (χ4v) is 4.13. The van der Waals surface area contributed by atoms with Gasteiger partial charge in [0.25, 0.3) is 0 Å². The zero-order chi connectivity index (χ0) is 22.4. The number of carbonyl (C=O) groups is 1. The zero-order valence-corrected chi connectivity index (χ0v) is 19.6. The molecule has 0 saturated heterocycles. The van der Waals surface area contributed by atoms with Crippen molar-refractivity contribution in [3.63, 3.8) is 0 Å². The maximum absolute atomic E-state index is 8.90. The zero-order valence-electron chi connectivity index (χ0n) is 19.6. The molecule has 0 saturated carbocycles. The molecule has 1 aliphatic carbocycles. The number of hydrogen-bond donors (Lipinski definition) is 2. The Morgan fingerprint density at radius 1 is 1.07 bits per heavy atom. The normalized spacial score (nSPS) is 14.0. The van der Waals surface area contributed by atoms with E-state index in [4.69, 9.17) is 9.90 Å². The van der Waals surface area contributed by atoms with Crippen molar-refractivity contribution in [3.05, 3.63) is 58.7 Å². The van der Waals surface area contributed by atoms with E-state index in [9.17, 15) is 0 Å². The lowest BCUT2D eigenvalue weighted by molar-refractivity contribution is -0.106. The predicted molar refractivity (Wildman–Crippen MR) is 130 cm³/mol. The highest BCUT2D eigenvalue weighted by atomic mass is 16.3. The van der Waals surface area contributed by atoms with Crippen molar-refractivity contribution in [2.45, 2.75) is 79.1 Å². The first-order valence-electron chi connectivity index (χ1n) is 11.4. The number of rotatable bonds is 7. The van der Waals surface area contributed by atoms with Crippen LogP contribution in [0.3, 0.4) is 0 Å². The number of benzene rings is 2. The Morgan fingerprint density at radius 3 is 2.37 bits per heavy atom. The molecule has 2 N–H and O–H groups in total. The van der Waals surface area contributed by atoms with E-state index in [2.05, 4.69) is 38.2 Å². The summed E-state index contributed by atoms with van der Waals surface area (Å²) in [5.74, 6) is 1.23. The van der Waals surface area contributed by atoms with Gasteiger partial charge in [-0.1, -0.05) is 62.8 Å². The van der Waals surface area contributed by atoms with Crippen LogP contribution in [0.4, 0.5) is 5.69 Å². The fourth-order valence-electron chi connectivity index (χ4n) is 4.13. The van der Waals surface area contributed by atoms with Crippen molar-refractivity contribution in [2.24, 2.45) is 5.92 Å². The standard InChI is InChI=1S/C18H28.C7H9NO.C2H4O/c1-4-5-6-7-8-9-16-12-17-11-14(2)10-15(3)18(17)13-16;1-8-6-3-2-4-7(9)5-6;1-2-3/h10-11,16H,4-9,12-13H2,1-3H3;2-5,8-9H,1H3;2H,1H3. The lowest BCUT2D eigenvalue weighted by atomic mass is 9.97. The molecule has 1 unspecified atom stereocenters. The summed E-state index contributed by atoms with van der Waals surface area (Å²) >= 11 is 0. The number of fused-ring (bicyclic) bond motifs is 1. The van der Waals surface area contributed by atoms with E-state index in [0.717, 1.165) is 17.9 Å². The van der Waals surface area contributed by atoms with Gasteiger partial charge in [-0.3, -0.25) is 0 Å². The van der Waals surface area contributed by atoms with Crippen LogP contribution in [0, 0.1) is 19.8 Å². The van der Waals surface area contributed by atoms with Crippen molar-refractivity contribution >= 4 is 12.0 Å². The maximum atomic E-state index is 8.90. The number of phenols is 1. The highest BCUT2D eigenvalue weighted by Gasteiger charge is 2.22. The van der Waals surface area contributed by atoms with Gasteiger partial charge in [-0.2, -0.15) is 0 Å². The number of unbranched alkanes of at least 4 members (excludes halogenated alkanes) is 4. The molecule has 3 heteroatoms. The van der Waals surface area contributed by atoms with Crippen LogP contribution in [-0.2, 0) is 17.6 Å². The molecular formula is C27H41NO2. The SMILES string of the molecule is CC=O.CCCCCCCC1Cc2cc(C)cc(C)c2C1.CNc1cccc(O)c1. The van der Waals surface area contributed by atoms with E-state index in [-0.39, 0.29) is 0 Å². The lowest BCUT2D eigenvalue weighted by Crippen LogP contribution is -1.99. The first-order valence-corrected chi connectivity index (χ1v) is 11.4. The molecule has 166 valence electrons. The molecule has 30 heavy (non-hydrogen) atoms. The van der Waals surface area contributed by atoms with Gasteiger partial charge in [-0.25, -0.2) is 0 Å². The molecule has 2 aromatic rings. The second-order valence-corrected chi connectivity index (χ2v) is 8.23. The second kappa shape index (κ2) is 14.7. The van der Waals surface area contributed by atoms with Gasteiger partial charge in [0.15, 0.2) is 0 Å². The maximum Gasteiger partial charge on any atom is 0.117 e. The average Bonchev–Trinajstić information content (AvgIpc) is 3.12. The molecule has 1 aliphatic rings. The van der Waals surface area contributed by atoms with Crippen molar-refractivity contribution in [2.75, 3.05) is 12.4 Å². The molecule has 0 aliphatic heterocycles. The van der Waals surface area contributed by atoms with Crippen LogP contribution in [0.15, 0.2) is 36.4 Å². The number of aldehydes is 1. The molecule has 0 spiro atoms. The Hall–Kier alpha value is -2.29. The number of anilines is 1. The third-order valence-electron chi connectivity index (χ3n) is 5.56. The third kappa shape index (κ3) is 9.47. The van der Waals surface area contributed by atoms with Gasteiger partial charge in [0.2, 0.25) is 0 Å². The predicted octanol–water partition coefficient (Wildman–Crippen LogP) is 7.02. The fraction of sp³-hybridized carbons (Fsp3) is 0.519. The molecule has 0 amide bonds. The minimum atomic E-state index is 0.293. The molecular weight excluding hydrogens is 370 g/mol. The van der Waals surface area contributed by atoms with E-state index in [1.165, 1.54) is 69.4 Å². The van der Waals surface area contributed by atoms with Gasteiger partial charge >= 0.3 is 0 Å². The van der Waals surface area contributed by atoms with Gasteiger partial charge < -0.3 is 15.2 Å². The summed E-state index contributed by atoms with van der Waals surface area (Å²) in [6, 6.07) is 11.8. The Balaban J connectivity index is 0.000000313. The van der Waals surface area contributed by atoms with Crippen LogP contribution in [0.25, 0.3) is 0 Å². The summed E-state index contributed by atoms with van der Waals surface area (Å²) in [6.07, 6.45) is 12.0. The van der Waals surface area contributed by atoms with Crippen molar-refractivity contribution in [1.82, 2.24) is 0 Å². The van der Waals surface area contributed by atoms with Gasteiger partial charge in [0.1, 0.15) is 12.0 Å². The molecule has 0 aromatic heterocycles. The van der Waals surface area contributed by atoms with Crippen LogP contribution in [0.1, 0.15) is 74.6 Å². The third-order valence-corrected chi connectivity index (χ3v) is 5.56. The summed E-state index contributed by atoms with van der Waals surface area (Å²) in [6.45, 7) is 8.25. The molecule has 3 rings (SSSR count). The summed E-state index contributed by atoms with van der Waals surface area (Å²) in [7, 11) is 1.81. The molecule has 0 radical (unpaired) electrons. The Labute approximate surface area is 183 Å². The van der Waals surface area contributed by atoms with E-state index in [0.29, 0.717) is 5.75 Å². The number of aryl methyl sites for hydroxylation is 2. The Kier molecular flexibility index (Phi) is 12.6. The molecule has 1 atom stereocenters. The molecule has 0 bridgehead atoms. The van der Waals surface area contributed by atoms with E-state index >= 15 is 0 Å². The van der Waals surface area contributed by atoms with Crippen molar-refractivity contribution in [3.8, 4) is 5.75 Å². The van der Waals surface area contributed by atoms with Crippen molar-refractivity contribution < 1.29 is 9.90 Å². The number of carbonyl (C=O) groups excluding carboxylic acids is 1. The van der Waals surface area contributed by atoms with Crippen molar-refractivity contribution in [1.29, 1.82) is 0 Å². The quantitative estimate of drug-likeness (QED) is 0.380. The topological polar surface area (TPSA) is 49.3 Å². The lowest BCUT2D eigenvalue weighted by Gasteiger charge is -2.08. The number of aromatic hydroxyl groups is 1. The van der Waals surface area contributed by atoms with Gasteiger partial charge in [-0.05, 0) is 74.8 Å². The monoisotopic (exact) mass is 411 g/mol. The second-order valence-electron chi connectivity index (χ2n) is 8.23. The summed E-state index contributed by atoms with van der Waals surface area (Å²) < 4.78 is 0. The summed E-state index contributed by atoms with van der Waals surface area (Å²) in [5.41, 5.74) is 7.20. The largest absolute Gasteiger partial charge is 0.508 e. The smallest absolute Gasteiger partial charge is 0.117 e. The van der Waals surface area contributed by atoms with Crippen LogP contribution < -0.4 is 5.32 Å². The minimum absolute atomic E-state index is 0.293. The molecule has 3 nitrogen and oxygen atoms in total. The highest BCUT2D eigenvalue weighted by Crippen LogP contribution is 2.33. The van der Waals surface area contributed by atoms with E-state index in [1.54, 1.807) is 29.3 Å².